The molecule has 2 N–H and O–H groups in total. The Morgan fingerprint density at radius 3 is 3.22 bits per heavy atom. The summed E-state index contributed by atoms with van der Waals surface area (Å²) < 4.78 is 2.10. The molecular formula is C14H21N3S. The third kappa shape index (κ3) is 2.45. The summed E-state index contributed by atoms with van der Waals surface area (Å²) in [7, 11) is 0. The van der Waals surface area contributed by atoms with Crippen molar-refractivity contribution < 1.29 is 0 Å². The molecule has 0 spiro atoms. The molecule has 1 aliphatic carbocycles. The molecule has 1 aliphatic rings. The Morgan fingerprint density at radius 2 is 2.39 bits per heavy atom. The number of nitrogens with zero attached hydrogens (tertiary/aromatic N) is 2. The Morgan fingerprint density at radius 1 is 1.50 bits per heavy atom. The number of nitrogens with two attached hydrogens (primary N) is 1. The molecule has 2 aromatic rings. The first-order valence-corrected chi connectivity index (χ1v) is 7.73. The first-order valence-electron chi connectivity index (χ1n) is 6.85. The largest absolute Gasteiger partial charge is 0.325 e. The molecule has 98 valence electrons. The Labute approximate surface area is 112 Å². The zero-order valence-electron chi connectivity index (χ0n) is 10.9. The summed E-state index contributed by atoms with van der Waals surface area (Å²) in [6, 6.07) is 0. The minimum absolute atomic E-state index is 0.0329. The van der Waals surface area contributed by atoms with Crippen LogP contribution < -0.4 is 5.73 Å². The molecule has 0 aliphatic heterocycles. The first-order chi connectivity index (χ1) is 8.65. The molecule has 3 nitrogen and oxygen atoms in total. The fourth-order valence-corrected chi connectivity index (χ4v) is 3.72. The molecule has 1 fully saturated rings. The van der Waals surface area contributed by atoms with Crippen molar-refractivity contribution in [2.75, 3.05) is 0 Å². The highest BCUT2D eigenvalue weighted by Gasteiger charge is 2.29. The van der Waals surface area contributed by atoms with E-state index in [1.165, 1.54) is 19.3 Å². The van der Waals surface area contributed by atoms with E-state index in [-0.39, 0.29) is 5.54 Å². The lowest BCUT2D eigenvalue weighted by atomic mass is 9.86. The van der Waals surface area contributed by atoms with E-state index in [4.69, 9.17) is 5.73 Å². The highest BCUT2D eigenvalue weighted by Crippen LogP contribution is 2.31. The number of thiazole rings is 1. The van der Waals surface area contributed by atoms with Gasteiger partial charge in [-0.15, -0.1) is 11.3 Å². The van der Waals surface area contributed by atoms with Crippen LogP contribution in [0.5, 0.6) is 0 Å². The number of hydrogen-bond donors (Lipinski definition) is 1. The number of fused-ring (bicyclic) bond motifs is 1. The van der Waals surface area contributed by atoms with Crippen LogP contribution in [-0.2, 0) is 6.42 Å². The van der Waals surface area contributed by atoms with Crippen molar-refractivity contribution in [3.63, 3.8) is 0 Å². The van der Waals surface area contributed by atoms with E-state index in [1.807, 2.05) is 0 Å². The second-order valence-electron chi connectivity index (χ2n) is 5.90. The zero-order valence-corrected chi connectivity index (χ0v) is 11.7. The van der Waals surface area contributed by atoms with E-state index in [0.29, 0.717) is 0 Å². The van der Waals surface area contributed by atoms with Gasteiger partial charge in [-0.05, 0) is 25.2 Å². The van der Waals surface area contributed by atoms with Crippen LogP contribution in [0.15, 0.2) is 17.8 Å². The van der Waals surface area contributed by atoms with Crippen LogP contribution in [0.25, 0.3) is 4.96 Å². The van der Waals surface area contributed by atoms with Gasteiger partial charge in [-0.2, -0.15) is 0 Å². The fourth-order valence-electron chi connectivity index (χ4n) is 3.00. The Hall–Kier alpha value is -0.870. The molecule has 2 heterocycles. The monoisotopic (exact) mass is 263 g/mol. The van der Waals surface area contributed by atoms with E-state index in [9.17, 15) is 0 Å². The van der Waals surface area contributed by atoms with Gasteiger partial charge in [-0.1, -0.05) is 19.8 Å². The van der Waals surface area contributed by atoms with Crippen LogP contribution in [0, 0.1) is 5.92 Å². The van der Waals surface area contributed by atoms with Gasteiger partial charge in [0.15, 0.2) is 4.96 Å². The number of rotatable bonds is 2. The second kappa shape index (κ2) is 4.67. The van der Waals surface area contributed by atoms with Crippen LogP contribution in [0.4, 0.5) is 0 Å². The average Bonchev–Trinajstić information content (AvgIpc) is 2.82. The smallest absolute Gasteiger partial charge is 0.193 e. The van der Waals surface area contributed by atoms with E-state index >= 15 is 0 Å². The van der Waals surface area contributed by atoms with Gasteiger partial charge >= 0.3 is 0 Å². The quantitative estimate of drug-likeness (QED) is 0.845. The maximum atomic E-state index is 6.60. The summed E-state index contributed by atoms with van der Waals surface area (Å²) in [6.45, 7) is 2.35. The number of imidazole rings is 1. The molecule has 2 atom stereocenters. The molecule has 0 bridgehead atoms. The van der Waals surface area contributed by atoms with E-state index < -0.39 is 0 Å². The van der Waals surface area contributed by atoms with Crippen molar-refractivity contribution in [1.82, 2.24) is 9.38 Å². The summed E-state index contributed by atoms with van der Waals surface area (Å²) in [6.07, 6.45) is 11.3. The summed E-state index contributed by atoms with van der Waals surface area (Å²) in [5.74, 6) is 0.834. The minimum atomic E-state index is -0.0329. The second-order valence-corrected chi connectivity index (χ2v) is 6.77. The number of hydrogen-bond acceptors (Lipinski definition) is 3. The molecular weight excluding hydrogens is 242 g/mol. The Bertz CT molecular complexity index is 501. The van der Waals surface area contributed by atoms with Crippen LogP contribution in [0.1, 0.15) is 44.7 Å². The lowest BCUT2D eigenvalue weighted by Crippen LogP contribution is -2.41. The van der Waals surface area contributed by atoms with Crippen molar-refractivity contribution in [2.45, 2.75) is 51.0 Å². The van der Waals surface area contributed by atoms with Gasteiger partial charge in [0.2, 0.25) is 0 Å². The predicted molar refractivity (Wildman–Crippen MR) is 75.9 cm³/mol. The normalized spacial score (nSPS) is 29.6. The standard InChI is InChI=1S/C14H21N3S/c1-11-3-2-5-14(15,6-4-11)9-12-10-17-7-8-18-13(17)16-12/h7-8,10-11H,2-6,9,15H2,1H3. The summed E-state index contributed by atoms with van der Waals surface area (Å²) >= 11 is 1.68. The third-order valence-electron chi connectivity index (χ3n) is 4.18. The molecule has 2 aromatic heterocycles. The zero-order chi connectivity index (χ0) is 12.6. The number of aromatic nitrogens is 2. The first kappa shape index (κ1) is 12.2. The van der Waals surface area contributed by atoms with Crippen molar-refractivity contribution in [3.8, 4) is 0 Å². The van der Waals surface area contributed by atoms with Crippen LogP contribution >= 0.6 is 11.3 Å². The maximum absolute atomic E-state index is 6.60. The lowest BCUT2D eigenvalue weighted by Gasteiger charge is -2.27. The van der Waals surface area contributed by atoms with E-state index in [0.717, 1.165) is 35.8 Å². The molecule has 18 heavy (non-hydrogen) atoms. The molecule has 3 rings (SSSR count). The van der Waals surface area contributed by atoms with Crippen molar-refractivity contribution >= 4 is 16.3 Å². The molecule has 0 saturated heterocycles. The van der Waals surface area contributed by atoms with Gasteiger partial charge in [0, 0.05) is 29.7 Å². The van der Waals surface area contributed by atoms with Crippen LogP contribution in [-0.4, -0.2) is 14.9 Å². The average molecular weight is 263 g/mol. The van der Waals surface area contributed by atoms with Gasteiger partial charge in [0.1, 0.15) is 0 Å². The van der Waals surface area contributed by atoms with Crippen LogP contribution in [0.3, 0.4) is 0 Å². The Kier molecular flexibility index (Phi) is 3.16. The van der Waals surface area contributed by atoms with Gasteiger partial charge < -0.3 is 5.73 Å². The van der Waals surface area contributed by atoms with Gasteiger partial charge in [0.25, 0.3) is 0 Å². The third-order valence-corrected chi connectivity index (χ3v) is 4.95. The molecule has 0 radical (unpaired) electrons. The van der Waals surface area contributed by atoms with Crippen LogP contribution in [0.2, 0.25) is 0 Å². The Balaban J connectivity index is 1.76. The highest BCUT2D eigenvalue weighted by atomic mass is 32.1. The topological polar surface area (TPSA) is 43.3 Å². The summed E-state index contributed by atoms with van der Waals surface area (Å²) in [5, 5.41) is 2.07. The predicted octanol–water partition coefficient (Wildman–Crippen LogP) is 3.24. The minimum Gasteiger partial charge on any atom is -0.325 e. The highest BCUT2D eigenvalue weighted by molar-refractivity contribution is 7.15. The lowest BCUT2D eigenvalue weighted by molar-refractivity contribution is 0.360. The molecule has 0 amide bonds. The fraction of sp³-hybridized carbons (Fsp3) is 0.643. The van der Waals surface area contributed by atoms with E-state index in [2.05, 4.69) is 34.1 Å². The van der Waals surface area contributed by atoms with Crippen molar-refractivity contribution in [3.05, 3.63) is 23.5 Å². The molecule has 2 unspecified atom stereocenters. The van der Waals surface area contributed by atoms with Gasteiger partial charge in [0.05, 0.1) is 5.69 Å². The molecule has 0 aromatic carbocycles. The van der Waals surface area contributed by atoms with Crippen molar-refractivity contribution in [1.29, 1.82) is 0 Å². The van der Waals surface area contributed by atoms with Gasteiger partial charge in [-0.25, -0.2) is 4.98 Å². The summed E-state index contributed by atoms with van der Waals surface area (Å²) in [5.41, 5.74) is 7.72. The molecule has 4 heteroatoms. The maximum Gasteiger partial charge on any atom is 0.193 e. The molecule has 1 saturated carbocycles. The van der Waals surface area contributed by atoms with E-state index in [1.54, 1.807) is 11.3 Å². The van der Waals surface area contributed by atoms with Gasteiger partial charge in [-0.3, -0.25) is 4.40 Å². The SMILES string of the molecule is CC1CCCC(N)(Cc2cn3ccsc3n2)CC1. The summed E-state index contributed by atoms with van der Waals surface area (Å²) in [4.78, 5) is 5.74. The van der Waals surface area contributed by atoms with Crippen molar-refractivity contribution in [2.24, 2.45) is 11.7 Å².